The summed E-state index contributed by atoms with van der Waals surface area (Å²) in [6, 6.07) is 15.9. The lowest BCUT2D eigenvalue weighted by atomic mass is 10.0. The van der Waals surface area contributed by atoms with Crippen molar-refractivity contribution in [3.8, 4) is 22.8 Å². The molecule has 1 aromatic heterocycles. The molecule has 1 unspecified atom stereocenters. The monoisotopic (exact) mass is 638 g/mol. The van der Waals surface area contributed by atoms with Crippen LogP contribution in [0.3, 0.4) is 0 Å². The largest absolute Gasteiger partial charge is 0.573 e. The third-order valence-electron chi connectivity index (χ3n) is 6.74. The van der Waals surface area contributed by atoms with Crippen molar-refractivity contribution < 1.29 is 31.9 Å². The fourth-order valence-corrected chi connectivity index (χ4v) is 5.36. The molecule has 0 saturated carbocycles. The van der Waals surface area contributed by atoms with Gasteiger partial charge in [0, 0.05) is 17.7 Å². The average molecular weight is 639 g/mol. The number of anilines is 1. The second-order valence-corrected chi connectivity index (χ2v) is 11.2. The van der Waals surface area contributed by atoms with Crippen molar-refractivity contribution in [2.75, 3.05) is 10.7 Å². The van der Waals surface area contributed by atoms with Gasteiger partial charge in [0.05, 0.1) is 17.1 Å². The number of aliphatic imine (C=N–C) groups is 2. The molecule has 1 aliphatic rings. The molecule has 0 aliphatic carbocycles. The van der Waals surface area contributed by atoms with Crippen molar-refractivity contribution in [1.29, 1.82) is 0 Å². The van der Waals surface area contributed by atoms with Crippen LogP contribution in [-0.2, 0) is 4.79 Å². The molecule has 1 aliphatic heterocycles. The molecule has 3 amide bonds. The van der Waals surface area contributed by atoms with Crippen LogP contribution in [0.1, 0.15) is 43.7 Å². The first kappa shape index (κ1) is 31.6. The van der Waals surface area contributed by atoms with Gasteiger partial charge in [-0.2, -0.15) is 4.99 Å². The molecule has 14 heteroatoms. The van der Waals surface area contributed by atoms with E-state index in [4.69, 9.17) is 0 Å². The van der Waals surface area contributed by atoms with Gasteiger partial charge in [-0.3, -0.25) is 9.69 Å². The van der Waals surface area contributed by atoms with Crippen molar-refractivity contribution in [3.05, 3.63) is 90.0 Å². The molecule has 9 nitrogen and oxygen atoms in total. The van der Waals surface area contributed by atoms with Crippen LogP contribution in [0.4, 0.5) is 28.0 Å². The molecule has 0 bridgehead atoms. The minimum atomic E-state index is -4.77. The zero-order chi connectivity index (χ0) is 32.3. The van der Waals surface area contributed by atoms with E-state index < -0.39 is 18.2 Å². The maximum absolute atomic E-state index is 13.9. The molecular formula is C31H26F4N6O3S. The summed E-state index contributed by atoms with van der Waals surface area (Å²) in [5.41, 5.74) is 3.16. The Kier molecular flexibility index (Phi) is 9.14. The quantitative estimate of drug-likeness (QED) is 0.153. The number of hydrogen-bond acceptors (Lipinski definition) is 6. The smallest absolute Gasteiger partial charge is 0.406 e. The Morgan fingerprint density at radius 2 is 1.76 bits per heavy atom. The SMILES string of the molecule is CC(C)c1cc(F)ccc1N1C(=O)CSC1=NC(=O)N=CC(C)c1ccc(-c2ncn(-c3ccc(OC(F)(F)F)cc3)n2)cc1. The normalized spacial score (nSPS) is 15.4. The van der Waals surface area contributed by atoms with Gasteiger partial charge in [0.25, 0.3) is 0 Å². The minimum Gasteiger partial charge on any atom is -0.406 e. The maximum Gasteiger partial charge on any atom is 0.573 e. The van der Waals surface area contributed by atoms with Crippen LogP contribution >= 0.6 is 11.8 Å². The van der Waals surface area contributed by atoms with Gasteiger partial charge in [-0.1, -0.05) is 56.8 Å². The summed E-state index contributed by atoms with van der Waals surface area (Å²) in [7, 11) is 0. The third-order valence-corrected chi connectivity index (χ3v) is 7.66. The number of rotatable bonds is 7. The lowest BCUT2D eigenvalue weighted by molar-refractivity contribution is -0.274. The molecule has 1 fully saturated rings. The number of ether oxygens (including phenoxy) is 1. The summed E-state index contributed by atoms with van der Waals surface area (Å²) in [5, 5.41) is 4.58. The van der Waals surface area contributed by atoms with Crippen LogP contribution in [-0.4, -0.2) is 50.2 Å². The van der Waals surface area contributed by atoms with E-state index in [9.17, 15) is 27.2 Å². The Morgan fingerprint density at radius 3 is 2.42 bits per heavy atom. The first-order valence-electron chi connectivity index (χ1n) is 13.7. The molecular weight excluding hydrogens is 612 g/mol. The first-order valence-corrected chi connectivity index (χ1v) is 14.7. The summed E-state index contributed by atoms with van der Waals surface area (Å²) in [6.07, 6.45) is -1.87. The minimum absolute atomic E-state index is 0.0645. The predicted octanol–water partition coefficient (Wildman–Crippen LogP) is 7.53. The number of benzene rings is 3. The second-order valence-electron chi connectivity index (χ2n) is 10.3. The fourth-order valence-electron chi connectivity index (χ4n) is 4.50. The first-order chi connectivity index (χ1) is 21.4. The Hall–Kier alpha value is -4.85. The van der Waals surface area contributed by atoms with Crippen molar-refractivity contribution in [2.24, 2.45) is 9.98 Å². The summed E-state index contributed by atoms with van der Waals surface area (Å²) in [4.78, 5) is 39.0. The highest BCUT2D eigenvalue weighted by molar-refractivity contribution is 8.15. The van der Waals surface area contributed by atoms with Crippen molar-refractivity contribution in [1.82, 2.24) is 14.8 Å². The molecule has 0 N–H and O–H groups in total. The second kappa shape index (κ2) is 13.0. The Balaban J connectivity index is 1.24. The van der Waals surface area contributed by atoms with Gasteiger partial charge in [-0.15, -0.1) is 18.3 Å². The van der Waals surface area contributed by atoms with E-state index in [0.717, 1.165) is 17.3 Å². The number of thioether (sulfide) groups is 1. The zero-order valence-electron chi connectivity index (χ0n) is 24.2. The molecule has 2 heterocycles. The number of alkyl halides is 3. The number of halogens is 4. The fraction of sp³-hybridized carbons (Fsp3) is 0.226. The van der Waals surface area contributed by atoms with Crippen molar-refractivity contribution >= 4 is 40.8 Å². The van der Waals surface area contributed by atoms with Crippen LogP contribution in [0.5, 0.6) is 5.75 Å². The molecule has 232 valence electrons. The Bertz CT molecular complexity index is 1770. The molecule has 4 aromatic rings. The summed E-state index contributed by atoms with van der Waals surface area (Å²) in [5.74, 6) is -0.835. The van der Waals surface area contributed by atoms with Gasteiger partial charge in [0.1, 0.15) is 17.9 Å². The van der Waals surface area contributed by atoms with E-state index in [2.05, 4.69) is 24.8 Å². The number of carbonyl (C=O) groups excluding carboxylic acids is 2. The van der Waals surface area contributed by atoms with Gasteiger partial charge in [0.15, 0.2) is 11.0 Å². The highest BCUT2D eigenvalue weighted by Gasteiger charge is 2.33. The number of carbonyl (C=O) groups is 2. The van der Waals surface area contributed by atoms with Gasteiger partial charge in [-0.25, -0.2) is 23.8 Å². The predicted molar refractivity (Wildman–Crippen MR) is 164 cm³/mol. The standard InChI is InChI=1S/C31H26F4N6O3S/c1-18(2)25-14-22(32)8-13-26(25)41-27(42)16-45-30(41)38-29(43)36-15-19(3)20-4-6-21(7-5-20)28-37-17-40(39-28)23-9-11-24(12-10-23)44-31(33,34)35/h4-15,17-19H,16H2,1-3H3. The number of amidine groups is 1. The van der Waals surface area contributed by atoms with E-state index >= 15 is 0 Å². The van der Waals surface area contributed by atoms with Crippen LogP contribution in [0.15, 0.2) is 83.0 Å². The van der Waals surface area contributed by atoms with Gasteiger partial charge < -0.3 is 4.74 Å². The van der Waals surface area contributed by atoms with Crippen LogP contribution in [0.25, 0.3) is 17.1 Å². The molecule has 1 saturated heterocycles. The summed E-state index contributed by atoms with van der Waals surface area (Å²) >= 11 is 1.12. The highest BCUT2D eigenvalue weighted by atomic mass is 32.2. The maximum atomic E-state index is 13.9. The number of urea groups is 1. The number of hydrogen-bond donors (Lipinski definition) is 0. The lowest BCUT2D eigenvalue weighted by Crippen LogP contribution is -2.30. The highest BCUT2D eigenvalue weighted by Crippen LogP contribution is 2.34. The van der Waals surface area contributed by atoms with E-state index in [1.54, 1.807) is 12.1 Å². The molecule has 1 atom stereocenters. The van der Waals surface area contributed by atoms with E-state index in [1.165, 1.54) is 64.6 Å². The van der Waals surface area contributed by atoms with Crippen LogP contribution in [0.2, 0.25) is 0 Å². The zero-order valence-corrected chi connectivity index (χ0v) is 25.0. The van der Waals surface area contributed by atoms with Crippen LogP contribution in [0, 0.1) is 5.82 Å². The number of nitrogens with zero attached hydrogens (tertiary/aromatic N) is 6. The molecule has 3 aromatic carbocycles. The summed E-state index contributed by atoms with van der Waals surface area (Å²) < 4.78 is 56.4. The van der Waals surface area contributed by atoms with E-state index in [0.29, 0.717) is 28.3 Å². The molecule has 5 rings (SSSR count). The Morgan fingerprint density at radius 1 is 1.04 bits per heavy atom. The summed E-state index contributed by atoms with van der Waals surface area (Å²) in [6.45, 7) is 5.63. The van der Waals surface area contributed by atoms with Gasteiger partial charge >= 0.3 is 12.4 Å². The molecule has 45 heavy (non-hydrogen) atoms. The number of amides is 3. The van der Waals surface area contributed by atoms with Gasteiger partial charge in [0.2, 0.25) is 5.91 Å². The third kappa shape index (κ3) is 7.63. The van der Waals surface area contributed by atoms with Crippen LogP contribution < -0.4 is 9.64 Å². The molecule has 0 radical (unpaired) electrons. The average Bonchev–Trinajstić information content (AvgIpc) is 3.63. The molecule has 0 spiro atoms. The van der Waals surface area contributed by atoms with Crippen molar-refractivity contribution in [3.63, 3.8) is 0 Å². The topological polar surface area (TPSA) is 102 Å². The van der Waals surface area contributed by atoms with E-state index in [-0.39, 0.29) is 34.4 Å². The lowest BCUT2D eigenvalue weighted by Gasteiger charge is -2.21. The Labute approximate surface area is 259 Å². The number of aromatic nitrogens is 3. The van der Waals surface area contributed by atoms with Crippen molar-refractivity contribution in [2.45, 2.75) is 39.0 Å². The van der Waals surface area contributed by atoms with Gasteiger partial charge in [-0.05, 0) is 59.5 Å². The van der Waals surface area contributed by atoms with E-state index in [1.807, 2.05) is 32.9 Å².